The van der Waals surface area contributed by atoms with Gasteiger partial charge < -0.3 is 9.64 Å². The molecular weight excluding hydrogens is 374 g/mol. The molecule has 0 aromatic heterocycles. The Bertz CT molecular complexity index is 713. The van der Waals surface area contributed by atoms with Crippen molar-refractivity contribution in [3.63, 3.8) is 0 Å². The summed E-state index contributed by atoms with van der Waals surface area (Å²) in [6.45, 7) is 9.98. The molecule has 2 fully saturated rings. The zero-order chi connectivity index (χ0) is 20.1. The lowest BCUT2D eigenvalue weighted by Crippen LogP contribution is -2.55. The van der Waals surface area contributed by atoms with E-state index < -0.39 is 10.0 Å². The molecule has 0 saturated carbocycles. The summed E-state index contributed by atoms with van der Waals surface area (Å²) in [5, 5.41) is 0. The SMILES string of the molecule is CC(C)CCOc1ccc(S(=O)(=O)N2CCN(C3CCCN(C)C3)CC2)cc1. The Morgan fingerprint density at radius 1 is 1.07 bits per heavy atom. The van der Waals surface area contributed by atoms with E-state index >= 15 is 0 Å². The largest absolute Gasteiger partial charge is 0.494 e. The van der Waals surface area contributed by atoms with E-state index in [2.05, 4.69) is 30.7 Å². The second-order valence-corrected chi connectivity index (χ2v) is 10.4. The number of nitrogens with zero attached hydrogens (tertiary/aromatic N) is 3. The Kier molecular flexibility index (Phi) is 7.36. The fourth-order valence-electron chi connectivity index (χ4n) is 4.02. The highest BCUT2D eigenvalue weighted by Crippen LogP contribution is 2.23. The molecule has 2 aliphatic rings. The summed E-state index contributed by atoms with van der Waals surface area (Å²) in [6.07, 6.45) is 3.43. The number of hydrogen-bond donors (Lipinski definition) is 0. The van der Waals surface area contributed by atoms with Crippen LogP contribution in [0.2, 0.25) is 0 Å². The highest BCUT2D eigenvalue weighted by molar-refractivity contribution is 7.89. The normalized spacial score (nSPS) is 23.2. The summed E-state index contributed by atoms with van der Waals surface area (Å²) in [5.41, 5.74) is 0. The van der Waals surface area contributed by atoms with Gasteiger partial charge in [0.05, 0.1) is 11.5 Å². The van der Waals surface area contributed by atoms with Crippen molar-refractivity contribution in [1.29, 1.82) is 0 Å². The van der Waals surface area contributed by atoms with Gasteiger partial charge in [-0.15, -0.1) is 0 Å². The van der Waals surface area contributed by atoms with E-state index in [-0.39, 0.29) is 0 Å². The number of benzene rings is 1. The van der Waals surface area contributed by atoms with Gasteiger partial charge in [0, 0.05) is 38.8 Å². The first-order chi connectivity index (χ1) is 13.4. The molecule has 1 aromatic rings. The molecule has 0 N–H and O–H groups in total. The topological polar surface area (TPSA) is 53.1 Å². The van der Waals surface area contributed by atoms with Crippen molar-refractivity contribution in [3.05, 3.63) is 24.3 Å². The third-order valence-corrected chi connectivity index (χ3v) is 7.73. The number of likely N-dealkylation sites (N-methyl/N-ethyl adjacent to an activating group) is 1. The smallest absolute Gasteiger partial charge is 0.243 e. The summed E-state index contributed by atoms with van der Waals surface area (Å²) in [7, 11) is -1.27. The van der Waals surface area contributed by atoms with Crippen LogP contribution in [0, 0.1) is 5.92 Å². The molecule has 0 spiro atoms. The molecule has 1 aromatic carbocycles. The number of ether oxygens (including phenoxy) is 1. The van der Waals surface area contributed by atoms with Gasteiger partial charge in [-0.1, -0.05) is 13.8 Å². The van der Waals surface area contributed by atoms with Crippen LogP contribution < -0.4 is 4.74 Å². The molecule has 158 valence electrons. The molecular formula is C21H35N3O3S. The summed E-state index contributed by atoms with van der Waals surface area (Å²) in [4.78, 5) is 5.20. The quantitative estimate of drug-likeness (QED) is 0.693. The van der Waals surface area contributed by atoms with Crippen molar-refractivity contribution in [2.75, 3.05) is 52.9 Å². The predicted molar refractivity (Wildman–Crippen MR) is 112 cm³/mol. The Labute approximate surface area is 170 Å². The van der Waals surface area contributed by atoms with Gasteiger partial charge in [-0.3, -0.25) is 4.90 Å². The number of likely N-dealkylation sites (tertiary alicyclic amines) is 1. The van der Waals surface area contributed by atoms with Crippen molar-refractivity contribution in [2.24, 2.45) is 5.92 Å². The first-order valence-electron chi connectivity index (χ1n) is 10.5. The highest BCUT2D eigenvalue weighted by atomic mass is 32.2. The maximum absolute atomic E-state index is 13.0. The predicted octanol–water partition coefficient (Wildman–Crippen LogP) is 2.51. The van der Waals surface area contributed by atoms with Crippen molar-refractivity contribution >= 4 is 10.0 Å². The van der Waals surface area contributed by atoms with E-state index in [4.69, 9.17) is 4.74 Å². The van der Waals surface area contributed by atoms with Crippen LogP contribution >= 0.6 is 0 Å². The monoisotopic (exact) mass is 409 g/mol. The van der Waals surface area contributed by atoms with Crippen LogP contribution in [0.1, 0.15) is 33.1 Å². The molecule has 2 saturated heterocycles. The average Bonchev–Trinajstić information content (AvgIpc) is 2.68. The fourth-order valence-corrected chi connectivity index (χ4v) is 5.44. The average molecular weight is 410 g/mol. The number of hydrogen-bond acceptors (Lipinski definition) is 5. The molecule has 0 bridgehead atoms. The lowest BCUT2D eigenvalue weighted by molar-refractivity contribution is 0.0824. The van der Waals surface area contributed by atoms with Crippen LogP contribution in [0.3, 0.4) is 0 Å². The third-order valence-electron chi connectivity index (χ3n) is 5.81. The lowest BCUT2D eigenvalue weighted by atomic mass is 10.0. The van der Waals surface area contributed by atoms with E-state index in [0.29, 0.717) is 36.6 Å². The zero-order valence-corrected chi connectivity index (χ0v) is 18.3. The third kappa shape index (κ3) is 5.47. The van der Waals surface area contributed by atoms with Gasteiger partial charge in [-0.25, -0.2) is 8.42 Å². The molecule has 6 nitrogen and oxygen atoms in total. The van der Waals surface area contributed by atoms with E-state index in [9.17, 15) is 8.42 Å². The molecule has 2 heterocycles. The van der Waals surface area contributed by atoms with Crippen molar-refractivity contribution in [3.8, 4) is 5.75 Å². The minimum atomic E-state index is -3.44. The van der Waals surface area contributed by atoms with Crippen molar-refractivity contribution in [1.82, 2.24) is 14.1 Å². The highest BCUT2D eigenvalue weighted by Gasteiger charge is 2.32. The Morgan fingerprint density at radius 2 is 1.75 bits per heavy atom. The van der Waals surface area contributed by atoms with Crippen LogP contribution in [0.5, 0.6) is 5.75 Å². The number of rotatable bonds is 7. The molecule has 3 rings (SSSR count). The Hall–Kier alpha value is -1.15. The number of sulfonamides is 1. The molecule has 0 aliphatic carbocycles. The summed E-state index contributed by atoms with van der Waals surface area (Å²) in [6, 6.07) is 7.43. The van der Waals surface area contributed by atoms with Crippen molar-refractivity contribution < 1.29 is 13.2 Å². The maximum Gasteiger partial charge on any atom is 0.243 e. The van der Waals surface area contributed by atoms with E-state index in [1.165, 1.54) is 19.4 Å². The molecule has 2 aliphatic heterocycles. The van der Waals surface area contributed by atoms with Gasteiger partial charge >= 0.3 is 0 Å². The molecule has 0 radical (unpaired) electrons. The van der Waals surface area contributed by atoms with Gasteiger partial charge in [-0.2, -0.15) is 4.31 Å². The summed E-state index contributed by atoms with van der Waals surface area (Å²) < 4.78 is 33.3. The Balaban J connectivity index is 1.55. The van der Waals surface area contributed by atoms with Crippen LogP contribution in [0.4, 0.5) is 0 Å². The fraction of sp³-hybridized carbons (Fsp3) is 0.714. The van der Waals surface area contributed by atoms with Crippen LogP contribution in [-0.2, 0) is 10.0 Å². The molecule has 7 heteroatoms. The first kappa shape index (κ1) is 21.6. The van der Waals surface area contributed by atoms with Crippen molar-refractivity contribution in [2.45, 2.75) is 44.0 Å². The van der Waals surface area contributed by atoms with Gasteiger partial charge in [0.1, 0.15) is 5.75 Å². The second kappa shape index (κ2) is 9.57. The van der Waals surface area contributed by atoms with E-state index in [0.717, 1.165) is 31.8 Å². The minimum Gasteiger partial charge on any atom is -0.494 e. The molecule has 1 unspecified atom stereocenters. The van der Waals surface area contributed by atoms with E-state index in [1.54, 1.807) is 28.6 Å². The van der Waals surface area contributed by atoms with Gasteiger partial charge in [0.15, 0.2) is 0 Å². The molecule has 1 atom stereocenters. The summed E-state index contributed by atoms with van der Waals surface area (Å²) in [5.74, 6) is 1.32. The Morgan fingerprint density at radius 3 is 2.36 bits per heavy atom. The van der Waals surface area contributed by atoms with Crippen LogP contribution in [-0.4, -0.2) is 81.5 Å². The van der Waals surface area contributed by atoms with Crippen LogP contribution in [0.15, 0.2) is 29.2 Å². The minimum absolute atomic E-state index is 0.356. The molecule has 28 heavy (non-hydrogen) atoms. The van der Waals surface area contributed by atoms with Gasteiger partial charge in [0.25, 0.3) is 0 Å². The first-order valence-corrected chi connectivity index (χ1v) is 12.0. The summed E-state index contributed by atoms with van der Waals surface area (Å²) >= 11 is 0. The van der Waals surface area contributed by atoms with Crippen LogP contribution in [0.25, 0.3) is 0 Å². The number of piperidine rings is 1. The lowest BCUT2D eigenvalue weighted by Gasteiger charge is -2.42. The van der Waals surface area contributed by atoms with E-state index in [1.807, 2.05) is 0 Å². The standard InChI is InChI=1S/C21H35N3O3S/c1-18(2)10-16-27-20-6-8-21(9-7-20)28(25,26)24-14-12-23(13-15-24)19-5-4-11-22(3)17-19/h6-9,18-19H,4-5,10-17H2,1-3H3. The van der Waals surface area contributed by atoms with Gasteiger partial charge in [-0.05, 0) is 63.0 Å². The molecule has 0 amide bonds. The zero-order valence-electron chi connectivity index (χ0n) is 17.5. The van der Waals surface area contributed by atoms with Gasteiger partial charge in [0.2, 0.25) is 10.0 Å². The maximum atomic E-state index is 13.0. The number of piperazine rings is 1. The second-order valence-electron chi connectivity index (χ2n) is 8.50.